The Morgan fingerprint density at radius 1 is 1.35 bits per heavy atom. The summed E-state index contributed by atoms with van der Waals surface area (Å²) in [5, 5.41) is 7.73. The van der Waals surface area contributed by atoms with E-state index in [1.165, 1.54) is 0 Å². The summed E-state index contributed by atoms with van der Waals surface area (Å²) >= 11 is 1.70. The number of benzene rings is 1. The molecule has 1 unspecified atom stereocenters. The van der Waals surface area contributed by atoms with Crippen LogP contribution in [0.2, 0.25) is 0 Å². The molecule has 1 atom stereocenters. The molecule has 23 heavy (non-hydrogen) atoms. The fourth-order valence-electron chi connectivity index (χ4n) is 2.62. The number of thioether (sulfide) groups is 1. The monoisotopic (exact) mass is 329 g/mol. The lowest BCUT2D eigenvalue weighted by Gasteiger charge is -2.18. The number of ether oxygens (including phenoxy) is 1. The van der Waals surface area contributed by atoms with E-state index in [9.17, 15) is 4.79 Å². The van der Waals surface area contributed by atoms with Crippen LogP contribution in [0.15, 0.2) is 47.5 Å². The molecule has 5 nitrogen and oxygen atoms in total. The van der Waals surface area contributed by atoms with E-state index in [1.807, 2.05) is 29.2 Å². The van der Waals surface area contributed by atoms with Crippen LogP contribution in [0.25, 0.3) is 0 Å². The van der Waals surface area contributed by atoms with Gasteiger partial charge in [0.2, 0.25) is 5.88 Å². The first kappa shape index (κ1) is 15.8. The zero-order chi connectivity index (χ0) is 16.1. The molecule has 0 spiro atoms. The number of carbonyl (C=O) groups is 1. The standard InChI is InChI=1S/C17H19N3O2S/c1-2-23-15-7-4-3-6-14(15)17(21)20-11-9-13(12-20)22-16-8-5-10-18-19-16/h3-8,10,13H,2,9,11-12H2,1H3. The quantitative estimate of drug-likeness (QED) is 0.790. The summed E-state index contributed by atoms with van der Waals surface area (Å²) in [7, 11) is 0. The molecule has 2 heterocycles. The normalized spacial score (nSPS) is 17.3. The lowest BCUT2D eigenvalue weighted by molar-refractivity contribution is 0.0767. The van der Waals surface area contributed by atoms with E-state index in [2.05, 4.69) is 17.1 Å². The van der Waals surface area contributed by atoms with Crippen molar-refractivity contribution in [2.75, 3.05) is 18.8 Å². The van der Waals surface area contributed by atoms with Crippen molar-refractivity contribution in [3.05, 3.63) is 48.2 Å². The third kappa shape index (κ3) is 3.82. The number of aromatic nitrogens is 2. The van der Waals surface area contributed by atoms with Gasteiger partial charge in [-0.05, 0) is 24.0 Å². The van der Waals surface area contributed by atoms with Crippen molar-refractivity contribution in [3.63, 3.8) is 0 Å². The smallest absolute Gasteiger partial charge is 0.255 e. The van der Waals surface area contributed by atoms with Crippen LogP contribution in [0.3, 0.4) is 0 Å². The molecule has 0 bridgehead atoms. The fourth-order valence-corrected chi connectivity index (χ4v) is 3.42. The summed E-state index contributed by atoms with van der Waals surface area (Å²) in [6.45, 7) is 3.38. The van der Waals surface area contributed by atoms with Crippen molar-refractivity contribution < 1.29 is 9.53 Å². The predicted octanol–water partition coefficient (Wildman–Crippen LogP) is 2.88. The van der Waals surface area contributed by atoms with Gasteiger partial charge in [0.15, 0.2) is 0 Å². The molecule has 6 heteroatoms. The maximum absolute atomic E-state index is 12.8. The predicted molar refractivity (Wildman–Crippen MR) is 89.8 cm³/mol. The lowest BCUT2D eigenvalue weighted by Crippen LogP contribution is -2.31. The number of carbonyl (C=O) groups excluding carboxylic acids is 1. The second-order valence-electron chi connectivity index (χ2n) is 5.27. The zero-order valence-electron chi connectivity index (χ0n) is 13.0. The average Bonchev–Trinajstić information content (AvgIpc) is 3.04. The molecule has 1 fully saturated rings. The second-order valence-corrected chi connectivity index (χ2v) is 6.58. The van der Waals surface area contributed by atoms with E-state index in [1.54, 1.807) is 30.1 Å². The first-order chi connectivity index (χ1) is 11.3. The molecule has 1 aliphatic heterocycles. The molecule has 2 aromatic rings. The number of hydrogen-bond acceptors (Lipinski definition) is 5. The summed E-state index contributed by atoms with van der Waals surface area (Å²) in [6.07, 6.45) is 2.40. The zero-order valence-corrected chi connectivity index (χ0v) is 13.8. The minimum Gasteiger partial charge on any atom is -0.471 e. The highest BCUT2D eigenvalue weighted by molar-refractivity contribution is 7.99. The Morgan fingerprint density at radius 3 is 3.00 bits per heavy atom. The Kier molecular flexibility index (Phi) is 5.12. The largest absolute Gasteiger partial charge is 0.471 e. The minimum atomic E-state index is -0.0263. The van der Waals surface area contributed by atoms with Crippen LogP contribution in [0.4, 0.5) is 0 Å². The van der Waals surface area contributed by atoms with Gasteiger partial charge in [0.1, 0.15) is 6.10 Å². The molecule has 1 aromatic heterocycles. The number of nitrogens with zero attached hydrogens (tertiary/aromatic N) is 3. The molecular weight excluding hydrogens is 310 g/mol. The van der Waals surface area contributed by atoms with E-state index in [0.717, 1.165) is 22.6 Å². The highest BCUT2D eigenvalue weighted by Gasteiger charge is 2.29. The Morgan fingerprint density at radius 2 is 2.22 bits per heavy atom. The Bertz CT molecular complexity index is 666. The molecule has 120 valence electrons. The Balaban J connectivity index is 1.66. The van der Waals surface area contributed by atoms with E-state index in [0.29, 0.717) is 19.0 Å². The molecule has 0 N–H and O–H groups in total. The highest BCUT2D eigenvalue weighted by Crippen LogP contribution is 2.25. The lowest BCUT2D eigenvalue weighted by atomic mass is 10.2. The van der Waals surface area contributed by atoms with E-state index >= 15 is 0 Å². The maximum atomic E-state index is 12.8. The SMILES string of the molecule is CCSc1ccccc1C(=O)N1CCC(Oc2cccnn2)C1. The summed E-state index contributed by atoms with van der Waals surface area (Å²) in [4.78, 5) is 15.7. The van der Waals surface area contributed by atoms with E-state index in [4.69, 9.17) is 4.74 Å². The molecule has 1 aromatic carbocycles. The second kappa shape index (κ2) is 7.46. The van der Waals surface area contributed by atoms with Crippen LogP contribution in [-0.4, -0.2) is 46.0 Å². The van der Waals surface area contributed by atoms with E-state index in [-0.39, 0.29) is 12.0 Å². The molecular formula is C17H19N3O2S. The topological polar surface area (TPSA) is 55.3 Å². The first-order valence-electron chi connectivity index (χ1n) is 7.73. The van der Waals surface area contributed by atoms with Gasteiger partial charge in [0, 0.05) is 30.1 Å². The van der Waals surface area contributed by atoms with Crippen LogP contribution >= 0.6 is 11.8 Å². The summed E-state index contributed by atoms with van der Waals surface area (Å²) in [6, 6.07) is 11.4. The number of likely N-dealkylation sites (tertiary alicyclic amines) is 1. The molecule has 0 saturated carbocycles. The van der Waals surface area contributed by atoms with Gasteiger partial charge in [-0.2, -0.15) is 5.10 Å². The van der Waals surface area contributed by atoms with Gasteiger partial charge >= 0.3 is 0 Å². The van der Waals surface area contributed by atoms with Gasteiger partial charge in [-0.15, -0.1) is 16.9 Å². The van der Waals surface area contributed by atoms with Gasteiger partial charge in [-0.25, -0.2) is 0 Å². The first-order valence-corrected chi connectivity index (χ1v) is 8.72. The van der Waals surface area contributed by atoms with Gasteiger partial charge in [-0.1, -0.05) is 19.1 Å². The van der Waals surface area contributed by atoms with Gasteiger partial charge in [0.05, 0.1) is 12.1 Å². The third-order valence-electron chi connectivity index (χ3n) is 3.68. The third-order valence-corrected chi connectivity index (χ3v) is 4.64. The molecule has 1 amide bonds. The van der Waals surface area contributed by atoms with Crippen molar-refractivity contribution in [1.29, 1.82) is 0 Å². The van der Waals surface area contributed by atoms with Gasteiger partial charge in [-0.3, -0.25) is 4.79 Å². The van der Waals surface area contributed by atoms with Gasteiger partial charge in [0.25, 0.3) is 5.91 Å². The molecule has 3 rings (SSSR count). The van der Waals surface area contributed by atoms with Crippen molar-refractivity contribution in [2.24, 2.45) is 0 Å². The van der Waals surface area contributed by atoms with Crippen LogP contribution < -0.4 is 4.74 Å². The van der Waals surface area contributed by atoms with Crippen molar-refractivity contribution in [2.45, 2.75) is 24.3 Å². The maximum Gasteiger partial charge on any atom is 0.255 e. The van der Waals surface area contributed by atoms with Crippen molar-refractivity contribution >= 4 is 17.7 Å². The molecule has 0 aliphatic carbocycles. The fraction of sp³-hybridized carbons (Fsp3) is 0.353. The van der Waals surface area contributed by atoms with Gasteiger partial charge < -0.3 is 9.64 Å². The molecule has 1 saturated heterocycles. The van der Waals surface area contributed by atoms with Crippen LogP contribution in [-0.2, 0) is 0 Å². The number of amides is 1. The summed E-state index contributed by atoms with van der Waals surface area (Å²) in [5.74, 6) is 1.53. The Hall–Kier alpha value is -2.08. The molecule has 1 aliphatic rings. The van der Waals surface area contributed by atoms with Crippen LogP contribution in [0, 0.1) is 0 Å². The van der Waals surface area contributed by atoms with E-state index < -0.39 is 0 Å². The van der Waals surface area contributed by atoms with Crippen molar-refractivity contribution in [1.82, 2.24) is 15.1 Å². The van der Waals surface area contributed by atoms with Crippen LogP contribution in [0.5, 0.6) is 5.88 Å². The average molecular weight is 329 g/mol. The van der Waals surface area contributed by atoms with Crippen LogP contribution in [0.1, 0.15) is 23.7 Å². The Labute approximate surface area is 140 Å². The molecule has 0 radical (unpaired) electrons. The number of hydrogen-bond donors (Lipinski definition) is 0. The minimum absolute atomic E-state index is 0.0263. The summed E-state index contributed by atoms with van der Waals surface area (Å²) < 4.78 is 5.80. The van der Waals surface area contributed by atoms with Crippen molar-refractivity contribution in [3.8, 4) is 5.88 Å². The highest BCUT2D eigenvalue weighted by atomic mass is 32.2. The summed E-state index contributed by atoms with van der Waals surface area (Å²) in [5.41, 5.74) is 0.777. The number of rotatable bonds is 5.